The Bertz CT molecular complexity index is 686. The zero-order valence-electron chi connectivity index (χ0n) is 15.2. The summed E-state index contributed by atoms with van der Waals surface area (Å²) in [5.74, 6) is 7.51. The Morgan fingerprint density at radius 2 is 1.64 bits per heavy atom. The molecule has 0 aromatic heterocycles. The van der Waals surface area contributed by atoms with Gasteiger partial charge >= 0.3 is 0 Å². The SMILES string of the molecule is CNc1ccc(CC#CCN2CCC(Cc3ccccc3)CC2)cc1. The van der Waals surface area contributed by atoms with E-state index in [2.05, 4.69) is 76.7 Å². The van der Waals surface area contributed by atoms with Crippen molar-refractivity contribution in [3.05, 3.63) is 65.7 Å². The Morgan fingerprint density at radius 3 is 2.32 bits per heavy atom. The molecule has 0 spiro atoms. The summed E-state index contributed by atoms with van der Waals surface area (Å²) < 4.78 is 0. The number of likely N-dealkylation sites (tertiary alicyclic amines) is 1. The van der Waals surface area contributed by atoms with Gasteiger partial charge in [0.2, 0.25) is 0 Å². The minimum absolute atomic E-state index is 0.831. The van der Waals surface area contributed by atoms with Gasteiger partial charge in [0.05, 0.1) is 6.54 Å². The van der Waals surface area contributed by atoms with Gasteiger partial charge in [-0.2, -0.15) is 0 Å². The Kier molecular flexibility index (Phi) is 6.54. The van der Waals surface area contributed by atoms with E-state index in [1.54, 1.807) is 0 Å². The van der Waals surface area contributed by atoms with E-state index in [1.807, 2.05) is 7.05 Å². The van der Waals surface area contributed by atoms with E-state index in [9.17, 15) is 0 Å². The maximum Gasteiger partial charge on any atom is 0.0601 e. The first-order valence-corrected chi connectivity index (χ1v) is 9.32. The van der Waals surface area contributed by atoms with Crippen LogP contribution in [0.2, 0.25) is 0 Å². The molecule has 2 aromatic rings. The van der Waals surface area contributed by atoms with Gasteiger partial charge in [0.1, 0.15) is 0 Å². The van der Waals surface area contributed by atoms with Crippen molar-refractivity contribution in [2.24, 2.45) is 5.92 Å². The van der Waals surface area contributed by atoms with Crippen LogP contribution < -0.4 is 5.32 Å². The third-order valence-corrected chi connectivity index (χ3v) is 5.04. The van der Waals surface area contributed by atoms with Crippen molar-refractivity contribution >= 4 is 5.69 Å². The van der Waals surface area contributed by atoms with Gasteiger partial charge in [-0.05, 0) is 61.5 Å². The third kappa shape index (κ3) is 5.66. The summed E-state index contributed by atoms with van der Waals surface area (Å²) in [6, 6.07) is 19.4. The number of nitrogens with one attached hydrogen (secondary N) is 1. The van der Waals surface area contributed by atoms with E-state index in [0.717, 1.165) is 24.6 Å². The van der Waals surface area contributed by atoms with E-state index >= 15 is 0 Å². The molecule has 1 aliphatic heterocycles. The molecule has 130 valence electrons. The lowest BCUT2D eigenvalue weighted by atomic mass is 9.90. The smallest absolute Gasteiger partial charge is 0.0601 e. The standard InChI is InChI=1S/C23H28N2/c1-24-23-12-10-20(11-13-23)7-5-6-16-25-17-14-22(15-18-25)19-21-8-3-2-4-9-21/h2-4,8-13,22,24H,7,14-19H2,1H3. The van der Waals surface area contributed by atoms with E-state index < -0.39 is 0 Å². The largest absolute Gasteiger partial charge is 0.388 e. The highest BCUT2D eigenvalue weighted by atomic mass is 15.1. The Labute approximate surface area is 152 Å². The highest BCUT2D eigenvalue weighted by Gasteiger charge is 2.18. The molecule has 0 unspecified atom stereocenters. The maximum atomic E-state index is 3.36. The van der Waals surface area contributed by atoms with Crippen molar-refractivity contribution in [2.75, 3.05) is 32.0 Å². The Morgan fingerprint density at radius 1 is 0.920 bits per heavy atom. The summed E-state index contributed by atoms with van der Waals surface area (Å²) in [5, 5.41) is 3.14. The molecule has 0 aliphatic carbocycles. The molecule has 2 heteroatoms. The number of rotatable bonds is 5. The van der Waals surface area contributed by atoms with Crippen LogP contribution in [0.5, 0.6) is 0 Å². The Balaban J connectivity index is 1.38. The summed E-state index contributed by atoms with van der Waals surface area (Å²) >= 11 is 0. The molecule has 0 saturated carbocycles. The van der Waals surface area contributed by atoms with Crippen LogP contribution in [0.25, 0.3) is 0 Å². The molecule has 1 heterocycles. The first-order valence-electron chi connectivity index (χ1n) is 9.32. The number of piperidine rings is 1. The van der Waals surface area contributed by atoms with Crippen molar-refractivity contribution in [1.82, 2.24) is 4.90 Å². The molecular weight excluding hydrogens is 304 g/mol. The van der Waals surface area contributed by atoms with Crippen molar-refractivity contribution in [1.29, 1.82) is 0 Å². The molecule has 2 nitrogen and oxygen atoms in total. The predicted molar refractivity (Wildman–Crippen MR) is 107 cm³/mol. The van der Waals surface area contributed by atoms with Gasteiger partial charge in [0, 0.05) is 19.2 Å². The van der Waals surface area contributed by atoms with Gasteiger partial charge in [-0.25, -0.2) is 0 Å². The lowest BCUT2D eigenvalue weighted by Gasteiger charge is -2.30. The summed E-state index contributed by atoms with van der Waals surface area (Å²) in [7, 11) is 1.94. The van der Waals surface area contributed by atoms with Crippen molar-refractivity contribution in [2.45, 2.75) is 25.7 Å². The zero-order chi connectivity index (χ0) is 17.3. The minimum atomic E-state index is 0.831. The fourth-order valence-electron chi connectivity index (χ4n) is 3.42. The lowest BCUT2D eigenvalue weighted by molar-refractivity contribution is 0.203. The molecule has 0 bridgehead atoms. The minimum Gasteiger partial charge on any atom is -0.388 e. The second-order valence-electron chi connectivity index (χ2n) is 6.89. The first kappa shape index (κ1) is 17.6. The maximum absolute atomic E-state index is 3.36. The van der Waals surface area contributed by atoms with Gasteiger partial charge < -0.3 is 5.32 Å². The Hall–Kier alpha value is -2.24. The van der Waals surface area contributed by atoms with Gasteiger partial charge in [0.25, 0.3) is 0 Å². The van der Waals surface area contributed by atoms with Crippen molar-refractivity contribution in [3.63, 3.8) is 0 Å². The number of anilines is 1. The molecule has 2 aromatic carbocycles. The summed E-state index contributed by atoms with van der Waals surface area (Å²) in [6.07, 6.45) is 4.65. The molecule has 3 rings (SSSR count). The molecule has 0 radical (unpaired) electrons. The topological polar surface area (TPSA) is 15.3 Å². The van der Waals surface area contributed by atoms with Crippen LogP contribution in [-0.4, -0.2) is 31.6 Å². The number of hydrogen-bond donors (Lipinski definition) is 1. The predicted octanol–water partition coefficient (Wildman–Crippen LogP) is 4.23. The van der Waals surface area contributed by atoms with Crippen LogP contribution in [0.1, 0.15) is 24.0 Å². The van der Waals surface area contributed by atoms with Crippen LogP contribution in [0, 0.1) is 17.8 Å². The quantitative estimate of drug-likeness (QED) is 0.824. The van der Waals surface area contributed by atoms with Gasteiger partial charge in [0.15, 0.2) is 0 Å². The monoisotopic (exact) mass is 332 g/mol. The van der Waals surface area contributed by atoms with Crippen LogP contribution in [0.3, 0.4) is 0 Å². The molecule has 1 aliphatic rings. The second kappa shape index (κ2) is 9.30. The van der Waals surface area contributed by atoms with Gasteiger partial charge in [-0.3, -0.25) is 4.90 Å². The van der Waals surface area contributed by atoms with Crippen LogP contribution in [-0.2, 0) is 12.8 Å². The third-order valence-electron chi connectivity index (χ3n) is 5.04. The van der Waals surface area contributed by atoms with Crippen molar-refractivity contribution in [3.8, 4) is 11.8 Å². The molecule has 0 atom stereocenters. The highest BCUT2D eigenvalue weighted by molar-refractivity contribution is 5.44. The molecular formula is C23H28N2. The normalized spacial score (nSPS) is 15.4. The molecule has 1 fully saturated rings. The first-order chi connectivity index (χ1) is 12.3. The van der Waals surface area contributed by atoms with Gasteiger partial charge in [-0.1, -0.05) is 54.3 Å². The summed E-state index contributed by atoms with van der Waals surface area (Å²) in [5.41, 5.74) is 3.91. The van der Waals surface area contributed by atoms with Crippen LogP contribution in [0.4, 0.5) is 5.69 Å². The van der Waals surface area contributed by atoms with Gasteiger partial charge in [-0.15, -0.1) is 0 Å². The fourth-order valence-corrected chi connectivity index (χ4v) is 3.42. The summed E-state index contributed by atoms with van der Waals surface area (Å²) in [6.45, 7) is 3.28. The molecule has 0 amide bonds. The number of benzene rings is 2. The average molecular weight is 332 g/mol. The van der Waals surface area contributed by atoms with E-state index in [-0.39, 0.29) is 0 Å². The zero-order valence-corrected chi connectivity index (χ0v) is 15.2. The van der Waals surface area contributed by atoms with E-state index in [4.69, 9.17) is 0 Å². The molecule has 1 N–H and O–H groups in total. The molecule has 25 heavy (non-hydrogen) atoms. The van der Waals surface area contributed by atoms with Crippen LogP contribution >= 0.6 is 0 Å². The second-order valence-corrected chi connectivity index (χ2v) is 6.89. The van der Waals surface area contributed by atoms with Crippen LogP contribution in [0.15, 0.2) is 54.6 Å². The van der Waals surface area contributed by atoms with E-state index in [1.165, 1.54) is 43.5 Å². The number of nitrogens with zero attached hydrogens (tertiary/aromatic N) is 1. The lowest BCUT2D eigenvalue weighted by Crippen LogP contribution is -2.34. The number of hydrogen-bond acceptors (Lipinski definition) is 2. The fraction of sp³-hybridized carbons (Fsp3) is 0.391. The highest BCUT2D eigenvalue weighted by Crippen LogP contribution is 2.21. The average Bonchev–Trinajstić information content (AvgIpc) is 2.68. The molecule has 1 saturated heterocycles. The van der Waals surface area contributed by atoms with Crippen molar-refractivity contribution < 1.29 is 0 Å². The summed E-state index contributed by atoms with van der Waals surface area (Å²) in [4.78, 5) is 2.50. The van der Waals surface area contributed by atoms with E-state index in [0.29, 0.717) is 0 Å².